The van der Waals surface area contributed by atoms with E-state index < -0.39 is 36.1 Å². The summed E-state index contributed by atoms with van der Waals surface area (Å²) in [5.74, 6) is -2.36. The third kappa shape index (κ3) is 11.6. The summed E-state index contributed by atoms with van der Waals surface area (Å²) in [5.41, 5.74) is 2.31. The fraction of sp³-hybridized carbons (Fsp3) is 0.524. The maximum Gasteiger partial charge on any atom is 0.338 e. The number of hydrogen-bond acceptors (Lipinski definition) is 8. The van der Waals surface area contributed by atoms with Gasteiger partial charge in [-0.15, -0.1) is 0 Å². The summed E-state index contributed by atoms with van der Waals surface area (Å²) in [6, 6.07) is 15.3. The van der Waals surface area contributed by atoms with Crippen LogP contribution < -0.4 is 5.32 Å². The number of fused-ring (bicyclic) bond motifs is 1. The molecule has 288 valence electrons. The summed E-state index contributed by atoms with van der Waals surface area (Å²) >= 11 is 0. The number of aliphatic hydroxyl groups is 1. The molecule has 0 saturated carbocycles. The number of ether oxygens (including phenoxy) is 3. The monoisotopic (exact) mass is 731 g/mol. The highest BCUT2D eigenvalue weighted by molar-refractivity contribution is 5.97. The fourth-order valence-corrected chi connectivity index (χ4v) is 6.75. The van der Waals surface area contributed by atoms with Crippen molar-refractivity contribution in [2.24, 2.45) is 0 Å². The summed E-state index contributed by atoms with van der Waals surface area (Å²) < 4.78 is 19.7. The van der Waals surface area contributed by atoms with Crippen LogP contribution in [0.3, 0.4) is 0 Å². The quantitative estimate of drug-likeness (QED) is 0.111. The second kappa shape index (κ2) is 20.2. The van der Waals surface area contributed by atoms with Gasteiger partial charge in [0.1, 0.15) is 24.4 Å². The average Bonchev–Trinajstić information content (AvgIpc) is 3.53. The molecule has 3 amide bonds. The number of carbonyl (C=O) groups is 4. The Hall–Kier alpha value is -4.32. The largest absolute Gasteiger partial charge is 0.456 e. The van der Waals surface area contributed by atoms with E-state index in [2.05, 4.69) is 19.2 Å². The molecule has 0 bridgehead atoms. The van der Waals surface area contributed by atoms with Crippen molar-refractivity contribution in [3.63, 3.8) is 0 Å². The van der Waals surface area contributed by atoms with E-state index in [1.807, 2.05) is 30.3 Å². The van der Waals surface area contributed by atoms with Crippen molar-refractivity contribution in [3.05, 3.63) is 89.0 Å². The van der Waals surface area contributed by atoms with Gasteiger partial charge in [0, 0.05) is 65.0 Å². The summed E-state index contributed by atoms with van der Waals surface area (Å²) in [5, 5.41) is 12.1. The van der Waals surface area contributed by atoms with Crippen LogP contribution in [0.4, 0.5) is 0 Å². The Bertz CT molecular complexity index is 1560. The van der Waals surface area contributed by atoms with Crippen molar-refractivity contribution >= 4 is 29.8 Å². The Morgan fingerprint density at radius 2 is 1.60 bits per heavy atom. The van der Waals surface area contributed by atoms with Gasteiger partial charge >= 0.3 is 5.97 Å². The van der Waals surface area contributed by atoms with E-state index in [0.29, 0.717) is 24.0 Å². The van der Waals surface area contributed by atoms with E-state index in [-0.39, 0.29) is 43.7 Å². The SMILES string of the molecule is CCCCCC1(CCCCC)OC2C=C(C(=O)N(C)C(Cc3ccccc3)C(=O)NCCO)CC(OC(=O)c3ccc(C=CC(=O)N(C)C)cc3)C2O1. The molecular weight excluding hydrogens is 674 g/mol. The maximum atomic E-state index is 14.3. The van der Waals surface area contributed by atoms with Crippen molar-refractivity contribution in [2.75, 3.05) is 34.3 Å². The molecule has 1 heterocycles. The zero-order valence-electron chi connectivity index (χ0n) is 31.9. The third-order valence-corrected chi connectivity index (χ3v) is 9.81. The third-order valence-electron chi connectivity index (χ3n) is 9.81. The van der Waals surface area contributed by atoms with Gasteiger partial charge in [0.15, 0.2) is 5.79 Å². The van der Waals surface area contributed by atoms with Gasteiger partial charge < -0.3 is 34.4 Å². The van der Waals surface area contributed by atoms with Crippen molar-refractivity contribution in [2.45, 2.75) is 108 Å². The van der Waals surface area contributed by atoms with E-state index in [1.54, 1.807) is 57.6 Å². The van der Waals surface area contributed by atoms with E-state index in [9.17, 15) is 24.3 Å². The molecule has 1 saturated heterocycles. The number of likely N-dealkylation sites (N-methyl/N-ethyl adjacent to an activating group) is 2. The smallest absolute Gasteiger partial charge is 0.338 e. The maximum absolute atomic E-state index is 14.3. The van der Waals surface area contributed by atoms with Gasteiger partial charge in [0.25, 0.3) is 0 Å². The van der Waals surface area contributed by atoms with Gasteiger partial charge in [-0.2, -0.15) is 0 Å². The number of hydrogen-bond donors (Lipinski definition) is 2. The number of carbonyl (C=O) groups excluding carboxylic acids is 4. The fourth-order valence-electron chi connectivity index (χ4n) is 6.75. The molecule has 2 aromatic carbocycles. The van der Waals surface area contributed by atoms with Crippen LogP contribution in [0.25, 0.3) is 6.08 Å². The molecule has 0 radical (unpaired) electrons. The van der Waals surface area contributed by atoms with Gasteiger partial charge in [-0.05, 0) is 48.3 Å². The molecule has 2 aromatic rings. The van der Waals surface area contributed by atoms with Crippen LogP contribution in [-0.4, -0.2) is 103 Å². The van der Waals surface area contributed by atoms with E-state index in [1.165, 1.54) is 15.9 Å². The highest BCUT2D eigenvalue weighted by Crippen LogP contribution is 2.43. The Labute approximate surface area is 314 Å². The van der Waals surface area contributed by atoms with E-state index in [4.69, 9.17) is 14.2 Å². The molecule has 0 spiro atoms. The van der Waals surface area contributed by atoms with Gasteiger partial charge in [-0.3, -0.25) is 14.4 Å². The van der Waals surface area contributed by atoms with E-state index in [0.717, 1.165) is 49.7 Å². The zero-order chi connectivity index (χ0) is 38.4. The van der Waals surface area contributed by atoms with Crippen LogP contribution in [0.15, 0.2) is 72.3 Å². The van der Waals surface area contributed by atoms with Crippen molar-refractivity contribution in [1.29, 1.82) is 0 Å². The lowest BCUT2D eigenvalue weighted by Gasteiger charge is -2.33. The molecule has 53 heavy (non-hydrogen) atoms. The molecule has 1 aliphatic heterocycles. The Kier molecular flexibility index (Phi) is 15.8. The van der Waals surface area contributed by atoms with Crippen molar-refractivity contribution in [1.82, 2.24) is 15.1 Å². The van der Waals surface area contributed by atoms with Gasteiger partial charge in [-0.25, -0.2) is 4.79 Å². The minimum atomic E-state index is -0.872. The van der Waals surface area contributed by atoms with E-state index >= 15 is 0 Å². The van der Waals surface area contributed by atoms with Gasteiger partial charge in [0.05, 0.1) is 12.2 Å². The minimum Gasteiger partial charge on any atom is -0.456 e. The number of esters is 1. The number of aliphatic hydroxyl groups excluding tert-OH is 1. The molecule has 0 aromatic heterocycles. The molecule has 2 N–H and O–H groups in total. The molecule has 4 unspecified atom stereocenters. The lowest BCUT2D eigenvalue weighted by Crippen LogP contribution is -2.51. The first-order valence-corrected chi connectivity index (χ1v) is 19.0. The Morgan fingerprint density at radius 3 is 2.21 bits per heavy atom. The summed E-state index contributed by atoms with van der Waals surface area (Å²) in [6.07, 6.45) is 10.5. The highest BCUT2D eigenvalue weighted by atomic mass is 16.8. The summed E-state index contributed by atoms with van der Waals surface area (Å²) in [4.78, 5) is 56.3. The molecule has 1 aliphatic carbocycles. The first kappa shape index (κ1) is 41.4. The lowest BCUT2D eigenvalue weighted by atomic mass is 9.90. The van der Waals surface area contributed by atoms with Crippen LogP contribution in [0.2, 0.25) is 0 Å². The normalized spacial score (nSPS) is 19.6. The number of benzene rings is 2. The molecule has 11 heteroatoms. The number of nitrogens with zero attached hydrogens (tertiary/aromatic N) is 2. The standard InChI is InChI=1S/C42H57N3O8/c1-6-8-13-23-42(24-14-9-7-2)52-36-29-33(40(49)45(5)34(39(48)43-25-26-46)27-31-15-11-10-12-16-31)28-35(38(36)53-42)51-41(50)32-20-17-30(18-21-32)19-22-37(47)44(3)4/h10-12,15-22,29,34-36,38,46H,6-9,13-14,23-28H2,1-5H3,(H,43,48). The number of rotatable bonds is 19. The van der Waals surface area contributed by atoms with Crippen LogP contribution in [-0.2, 0) is 35.0 Å². The van der Waals surface area contributed by atoms with Crippen LogP contribution >= 0.6 is 0 Å². The van der Waals surface area contributed by atoms with Crippen LogP contribution in [0.1, 0.15) is 93.1 Å². The molecular formula is C42H57N3O8. The Morgan fingerprint density at radius 1 is 0.943 bits per heavy atom. The second-order valence-corrected chi connectivity index (χ2v) is 14.2. The van der Waals surface area contributed by atoms with Crippen LogP contribution in [0.5, 0.6) is 0 Å². The predicted molar refractivity (Wildman–Crippen MR) is 204 cm³/mol. The van der Waals surface area contributed by atoms with Crippen molar-refractivity contribution < 1.29 is 38.5 Å². The molecule has 4 rings (SSSR count). The summed E-state index contributed by atoms with van der Waals surface area (Å²) in [6.45, 7) is 4.13. The zero-order valence-corrected chi connectivity index (χ0v) is 31.9. The molecule has 2 aliphatic rings. The topological polar surface area (TPSA) is 135 Å². The molecule has 4 atom stereocenters. The first-order chi connectivity index (χ1) is 25.5. The second-order valence-electron chi connectivity index (χ2n) is 14.2. The van der Waals surface area contributed by atoms with Crippen molar-refractivity contribution in [3.8, 4) is 0 Å². The van der Waals surface area contributed by atoms with Gasteiger partial charge in [0.2, 0.25) is 17.7 Å². The molecule has 1 fully saturated rings. The number of nitrogens with one attached hydrogen (secondary N) is 1. The number of amides is 3. The van der Waals surface area contributed by atoms with Gasteiger partial charge in [-0.1, -0.05) is 82.0 Å². The lowest BCUT2D eigenvalue weighted by molar-refractivity contribution is -0.190. The van der Waals surface area contributed by atoms with Crippen LogP contribution in [0, 0.1) is 0 Å². The minimum absolute atomic E-state index is 0.0609. The highest BCUT2D eigenvalue weighted by Gasteiger charge is 2.52. The number of unbranched alkanes of at least 4 members (excludes halogenated alkanes) is 4. The first-order valence-electron chi connectivity index (χ1n) is 19.0. The average molecular weight is 732 g/mol. The predicted octanol–water partition coefficient (Wildman–Crippen LogP) is 5.46. The molecule has 11 nitrogen and oxygen atoms in total. The Balaban J connectivity index is 1.63. The summed E-state index contributed by atoms with van der Waals surface area (Å²) in [7, 11) is 4.94.